The quantitative estimate of drug-likeness (QED) is 0.264. The number of hydrogen-bond acceptors (Lipinski definition) is 3. The molecule has 0 rings (SSSR count). The second-order valence-electron chi connectivity index (χ2n) is 7.89. The van der Waals surface area contributed by atoms with Crippen LogP contribution in [-0.2, 0) is 9.59 Å². The van der Waals surface area contributed by atoms with Gasteiger partial charge in [0.2, 0.25) is 5.91 Å². The number of hydrogen-bond donors (Lipinski definition) is 2. The molecule has 0 aromatic rings. The number of carboxylic acids is 1. The van der Waals surface area contributed by atoms with Crippen LogP contribution < -0.4 is 5.32 Å². The van der Waals surface area contributed by atoms with Crippen molar-refractivity contribution in [2.75, 3.05) is 11.5 Å². The highest BCUT2D eigenvalue weighted by molar-refractivity contribution is 7.99. The molecule has 0 aromatic heterocycles. The number of allylic oxidation sites excluding steroid dienone is 7. The summed E-state index contributed by atoms with van der Waals surface area (Å²) >= 11 is 1.52. The summed E-state index contributed by atoms with van der Waals surface area (Å²) in [6, 6.07) is -0.826. The van der Waals surface area contributed by atoms with E-state index in [4.69, 9.17) is 5.11 Å². The number of amides is 1. The summed E-state index contributed by atoms with van der Waals surface area (Å²) in [5.41, 5.74) is 5.52. The maximum Gasteiger partial charge on any atom is 0.327 e. The van der Waals surface area contributed by atoms with Gasteiger partial charge in [0.15, 0.2) is 0 Å². The Kier molecular flexibility index (Phi) is 15.1. The van der Waals surface area contributed by atoms with Gasteiger partial charge in [-0.25, -0.2) is 4.79 Å². The Balaban J connectivity index is 4.50. The molecular formula is C24H39NO3S. The molecule has 5 heteroatoms. The minimum Gasteiger partial charge on any atom is -0.480 e. The van der Waals surface area contributed by atoms with Crippen LogP contribution in [0.15, 0.2) is 46.6 Å². The standard InChI is InChI=1S/C24H39NO3S/c1-18(2)9-7-11-22(14-13-19(3)4)12-8-10-20(5)15-16-29-17-23(24(27)28)25-21(6)26/h9,12-13,15,23H,7-8,10-11,14,16-17H2,1-6H3,(H,25,26)(H,27,28)/b20-15+,22-12-/t23-/m0/s1. The van der Waals surface area contributed by atoms with E-state index in [1.807, 2.05) is 0 Å². The lowest BCUT2D eigenvalue weighted by Gasteiger charge is -2.12. The summed E-state index contributed by atoms with van der Waals surface area (Å²) in [5.74, 6) is -0.180. The molecule has 0 radical (unpaired) electrons. The third-order valence-electron chi connectivity index (χ3n) is 4.27. The molecular weight excluding hydrogens is 382 g/mol. The lowest BCUT2D eigenvalue weighted by molar-refractivity contribution is -0.140. The summed E-state index contributed by atoms with van der Waals surface area (Å²) in [7, 11) is 0. The molecule has 4 nitrogen and oxygen atoms in total. The van der Waals surface area contributed by atoms with Gasteiger partial charge in [-0.3, -0.25) is 4.79 Å². The predicted molar refractivity (Wildman–Crippen MR) is 126 cm³/mol. The molecule has 0 aliphatic rings. The van der Waals surface area contributed by atoms with Crippen LogP contribution in [0, 0.1) is 0 Å². The van der Waals surface area contributed by atoms with Gasteiger partial charge in [0.25, 0.3) is 0 Å². The van der Waals surface area contributed by atoms with Crippen LogP contribution in [0.2, 0.25) is 0 Å². The van der Waals surface area contributed by atoms with Gasteiger partial charge in [0.05, 0.1) is 0 Å². The van der Waals surface area contributed by atoms with Crippen LogP contribution in [0.3, 0.4) is 0 Å². The van der Waals surface area contributed by atoms with Crippen molar-refractivity contribution < 1.29 is 14.7 Å². The molecule has 0 saturated carbocycles. The average molecular weight is 422 g/mol. The van der Waals surface area contributed by atoms with E-state index in [2.05, 4.69) is 64.2 Å². The highest BCUT2D eigenvalue weighted by atomic mass is 32.2. The van der Waals surface area contributed by atoms with E-state index in [1.54, 1.807) is 0 Å². The lowest BCUT2D eigenvalue weighted by Crippen LogP contribution is -2.41. The molecule has 0 aliphatic carbocycles. The van der Waals surface area contributed by atoms with Crippen molar-refractivity contribution in [2.45, 2.75) is 79.7 Å². The van der Waals surface area contributed by atoms with E-state index < -0.39 is 12.0 Å². The summed E-state index contributed by atoms with van der Waals surface area (Å²) in [4.78, 5) is 22.2. The third-order valence-corrected chi connectivity index (χ3v) is 5.24. The zero-order chi connectivity index (χ0) is 22.2. The van der Waals surface area contributed by atoms with Crippen molar-refractivity contribution in [3.63, 3.8) is 0 Å². The Bertz CT molecular complexity index is 637. The van der Waals surface area contributed by atoms with Gasteiger partial charge in [-0.15, -0.1) is 0 Å². The van der Waals surface area contributed by atoms with E-state index in [1.165, 1.54) is 41.0 Å². The van der Waals surface area contributed by atoms with E-state index >= 15 is 0 Å². The monoisotopic (exact) mass is 421 g/mol. The van der Waals surface area contributed by atoms with Gasteiger partial charge < -0.3 is 10.4 Å². The molecule has 29 heavy (non-hydrogen) atoms. The average Bonchev–Trinajstić information content (AvgIpc) is 2.60. The van der Waals surface area contributed by atoms with Crippen LogP contribution in [-0.4, -0.2) is 34.5 Å². The summed E-state index contributed by atoms with van der Waals surface area (Å²) in [5, 5.41) is 11.6. The Morgan fingerprint density at radius 1 is 0.897 bits per heavy atom. The van der Waals surface area contributed by atoms with Crippen LogP contribution in [0.5, 0.6) is 0 Å². The first-order valence-corrected chi connectivity index (χ1v) is 11.4. The first-order valence-electron chi connectivity index (χ1n) is 10.3. The fraction of sp³-hybridized carbons (Fsp3) is 0.583. The number of carbonyl (C=O) groups excluding carboxylic acids is 1. The van der Waals surface area contributed by atoms with E-state index in [0.29, 0.717) is 5.75 Å². The van der Waals surface area contributed by atoms with E-state index in [9.17, 15) is 9.59 Å². The van der Waals surface area contributed by atoms with Crippen molar-refractivity contribution in [1.82, 2.24) is 5.32 Å². The zero-order valence-electron chi connectivity index (χ0n) is 19.0. The van der Waals surface area contributed by atoms with Crippen molar-refractivity contribution in [2.24, 2.45) is 0 Å². The van der Waals surface area contributed by atoms with Gasteiger partial charge in [-0.05, 0) is 66.7 Å². The Morgan fingerprint density at radius 3 is 2.07 bits per heavy atom. The van der Waals surface area contributed by atoms with Crippen molar-refractivity contribution in [1.29, 1.82) is 0 Å². The van der Waals surface area contributed by atoms with Gasteiger partial charge in [-0.1, -0.05) is 46.6 Å². The van der Waals surface area contributed by atoms with Crippen molar-refractivity contribution in [3.05, 3.63) is 46.6 Å². The Labute approximate surface area is 181 Å². The smallest absolute Gasteiger partial charge is 0.327 e. The molecule has 0 spiro atoms. The molecule has 164 valence electrons. The number of carboxylic acid groups (broad SMARTS) is 1. The van der Waals surface area contributed by atoms with Crippen LogP contribution in [0.4, 0.5) is 0 Å². The minimum atomic E-state index is -0.990. The van der Waals surface area contributed by atoms with Gasteiger partial charge in [-0.2, -0.15) is 11.8 Å². The molecule has 0 unspecified atom stereocenters. The number of nitrogens with one attached hydrogen (secondary N) is 1. The van der Waals surface area contributed by atoms with E-state index in [-0.39, 0.29) is 5.91 Å². The molecule has 0 fully saturated rings. The first kappa shape index (κ1) is 27.2. The molecule has 1 atom stereocenters. The SMILES string of the molecule is CC(=O)N[C@@H](CSC/C=C(\C)CC/C=C(\CC=C(C)C)CCC=C(C)C)C(=O)O. The maximum absolute atomic E-state index is 11.1. The number of carbonyl (C=O) groups is 2. The maximum atomic E-state index is 11.1. The largest absolute Gasteiger partial charge is 0.480 e. The highest BCUT2D eigenvalue weighted by Crippen LogP contribution is 2.17. The van der Waals surface area contributed by atoms with Gasteiger partial charge in [0.1, 0.15) is 6.04 Å². The van der Waals surface area contributed by atoms with Crippen LogP contribution >= 0.6 is 11.8 Å². The minimum absolute atomic E-state index is 0.315. The normalized spacial score (nSPS) is 12.9. The Hall–Kier alpha value is -1.75. The summed E-state index contributed by atoms with van der Waals surface area (Å²) in [6.07, 6.45) is 14.4. The Morgan fingerprint density at radius 2 is 1.52 bits per heavy atom. The van der Waals surface area contributed by atoms with Crippen LogP contribution in [0.25, 0.3) is 0 Å². The van der Waals surface area contributed by atoms with Crippen molar-refractivity contribution >= 4 is 23.6 Å². The topological polar surface area (TPSA) is 66.4 Å². The highest BCUT2D eigenvalue weighted by Gasteiger charge is 2.17. The summed E-state index contributed by atoms with van der Waals surface area (Å²) in [6.45, 7) is 12.0. The number of thioether (sulfide) groups is 1. The molecule has 0 aromatic carbocycles. The first-order chi connectivity index (χ1) is 13.6. The lowest BCUT2D eigenvalue weighted by atomic mass is 10.0. The fourth-order valence-electron chi connectivity index (χ4n) is 2.58. The zero-order valence-corrected chi connectivity index (χ0v) is 19.8. The number of aliphatic carboxylic acids is 1. The second kappa shape index (κ2) is 16.1. The van der Waals surface area contributed by atoms with Gasteiger partial charge >= 0.3 is 5.97 Å². The summed E-state index contributed by atoms with van der Waals surface area (Å²) < 4.78 is 0. The molecule has 0 aliphatic heterocycles. The second-order valence-corrected chi connectivity index (χ2v) is 8.96. The molecule has 0 bridgehead atoms. The number of rotatable bonds is 14. The molecule has 0 saturated heterocycles. The molecule has 2 N–H and O–H groups in total. The molecule has 0 heterocycles. The molecule has 1 amide bonds. The van der Waals surface area contributed by atoms with Crippen molar-refractivity contribution in [3.8, 4) is 0 Å². The third kappa shape index (κ3) is 16.9. The fourth-order valence-corrected chi connectivity index (χ4v) is 3.58. The predicted octanol–water partition coefficient (Wildman–Crippen LogP) is 6.06. The van der Waals surface area contributed by atoms with E-state index in [0.717, 1.165) is 37.9 Å². The van der Waals surface area contributed by atoms with Gasteiger partial charge in [0, 0.05) is 18.4 Å². The van der Waals surface area contributed by atoms with Crippen LogP contribution in [0.1, 0.15) is 73.6 Å².